The van der Waals surface area contributed by atoms with Crippen LogP contribution < -0.4 is 5.32 Å². The minimum atomic E-state index is -1.24. The molecule has 0 aliphatic carbocycles. The first-order chi connectivity index (χ1) is 12.1. The maximum atomic E-state index is 11.9. The van der Waals surface area contributed by atoms with Crippen LogP contribution in [0.2, 0.25) is 0 Å². The van der Waals surface area contributed by atoms with Crippen LogP contribution in [0.25, 0.3) is 0 Å². The second-order valence-electron chi connectivity index (χ2n) is 6.73. The molecule has 0 rings (SSSR count). The first-order valence-electron chi connectivity index (χ1n) is 8.83. The van der Waals surface area contributed by atoms with Crippen molar-refractivity contribution in [3.63, 3.8) is 0 Å². The molecule has 0 aliphatic heterocycles. The Labute approximate surface area is 155 Å². The van der Waals surface area contributed by atoms with Gasteiger partial charge in [0.2, 0.25) is 5.91 Å². The summed E-state index contributed by atoms with van der Waals surface area (Å²) in [6, 6.07) is -1.19. The van der Waals surface area contributed by atoms with Gasteiger partial charge < -0.3 is 15.5 Å². The Kier molecular flexibility index (Phi) is 11.7. The van der Waals surface area contributed by atoms with Gasteiger partial charge in [-0.05, 0) is 59.8 Å². The fourth-order valence-electron chi connectivity index (χ4n) is 2.27. The van der Waals surface area contributed by atoms with E-state index in [4.69, 9.17) is 10.2 Å². The first kappa shape index (κ1) is 23.6. The Hall–Kier alpha value is -2.37. The molecule has 0 aromatic rings. The van der Waals surface area contributed by atoms with Crippen molar-refractivity contribution < 1.29 is 24.6 Å². The van der Waals surface area contributed by atoms with Gasteiger partial charge in [0.05, 0.1) is 0 Å². The second kappa shape index (κ2) is 12.9. The number of rotatable bonds is 12. The van der Waals surface area contributed by atoms with Crippen molar-refractivity contribution >= 4 is 17.8 Å². The molecule has 146 valence electrons. The molecule has 1 atom stereocenters. The van der Waals surface area contributed by atoms with Crippen LogP contribution >= 0.6 is 0 Å². The third-order valence-electron chi connectivity index (χ3n) is 3.76. The van der Waals surface area contributed by atoms with E-state index < -0.39 is 23.9 Å². The smallest absolute Gasteiger partial charge is 0.326 e. The minimum Gasteiger partial charge on any atom is -0.481 e. The normalized spacial score (nSPS) is 13.1. The number of carboxylic acid groups (broad SMARTS) is 2. The van der Waals surface area contributed by atoms with Gasteiger partial charge in [-0.3, -0.25) is 9.59 Å². The highest BCUT2D eigenvalue weighted by Crippen LogP contribution is 2.11. The summed E-state index contributed by atoms with van der Waals surface area (Å²) >= 11 is 0. The van der Waals surface area contributed by atoms with Crippen LogP contribution in [0.3, 0.4) is 0 Å². The van der Waals surface area contributed by atoms with Crippen molar-refractivity contribution in [2.45, 2.75) is 72.3 Å². The van der Waals surface area contributed by atoms with E-state index >= 15 is 0 Å². The van der Waals surface area contributed by atoms with Gasteiger partial charge >= 0.3 is 11.9 Å². The lowest BCUT2D eigenvalue weighted by Gasteiger charge is -2.12. The van der Waals surface area contributed by atoms with Crippen molar-refractivity contribution in [1.82, 2.24) is 5.32 Å². The van der Waals surface area contributed by atoms with Gasteiger partial charge in [-0.2, -0.15) is 0 Å². The molecule has 0 aliphatic rings. The van der Waals surface area contributed by atoms with Crippen LogP contribution in [0.5, 0.6) is 0 Å². The summed E-state index contributed by atoms with van der Waals surface area (Å²) < 4.78 is 0. The summed E-state index contributed by atoms with van der Waals surface area (Å²) in [5.74, 6) is -2.84. The van der Waals surface area contributed by atoms with Crippen LogP contribution in [0, 0.1) is 0 Å². The zero-order chi connectivity index (χ0) is 20.1. The molecule has 0 aromatic carbocycles. The molecule has 0 heterocycles. The summed E-state index contributed by atoms with van der Waals surface area (Å²) in [6.45, 7) is 8.06. The molecule has 6 nitrogen and oxygen atoms in total. The molecule has 6 heteroatoms. The maximum Gasteiger partial charge on any atom is 0.326 e. The fraction of sp³-hybridized carbons (Fsp3) is 0.550. The van der Waals surface area contributed by atoms with Gasteiger partial charge in [0.15, 0.2) is 0 Å². The molecular weight excluding hydrogens is 334 g/mol. The van der Waals surface area contributed by atoms with Crippen LogP contribution in [0.15, 0.2) is 34.9 Å². The van der Waals surface area contributed by atoms with Crippen LogP contribution in [-0.4, -0.2) is 34.1 Å². The number of hydrogen-bond donors (Lipinski definition) is 3. The Bertz CT molecular complexity index is 583. The molecule has 0 fully saturated rings. The summed E-state index contributed by atoms with van der Waals surface area (Å²) in [7, 11) is 0. The molecule has 0 spiro atoms. The first-order valence-corrected chi connectivity index (χ1v) is 8.83. The zero-order valence-corrected chi connectivity index (χ0v) is 16.2. The minimum absolute atomic E-state index is 0.142. The van der Waals surface area contributed by atoms with E-state index in [1.807, 2.05) is 6.92 Å². The highest BCUT2D eigenvalue weighted by molar-refractivity contribution is 5.91. The highest BCUT2D eigenvalue weighted by atomic mass is 16.4. The third-order valence-corrected chi connectivity index (χ3v) is 3.76. The quantitative estimate of drug-likeness (QED) is 0.360. The van der Waals surface area contributed by atoms with Gasteiger partial charge in [-0.15, -0.1) is 0 Å². The highest BCUT2D eigenvalue weighted by Gasteiger charge is 2.20. The topological polar surface area (TPSA) is 104 Å². The lowest BCUT2D eigenvalue weighted by atomic mass is 10.1. The Morgan fingerprint density at radius 2 is 1.46 bits per heavy atom. The largest absolute Gasteiger partial charge is 0.481 e. The molecule has 0 unspecified atom stereocenters. The predicted molar refractivity (Wildman–Crippen MR) is 102 cm³/mol. The lowest BCUT2D eigenvalue weighted by Crippen LogP contribution is -2.40. The Morgan fingerprint density at radius 1 is 0.885 bits per heavy atom. The van der Waals surface area contributed by atoms with E-state index in [0.29, 0.717) is 6.42 Å². The number of carboxylic acids is 2. The number of carbonyl (C=O) groups excluding carboxylic acids is 1. The van der Waals surface area contributed by atoms with E-state index in [1.165, 1.54) is 17.2 Å². The maximum absolute atomic E-state index is 11.9. The Morgan fingerprint density at radius 3 is 2.00 bits per heavy atom. The average molecular weight is 365 g/mol. The van der Waals surface area contributed by atoms with Crippen molar-refractivity contribution in [2.75, 3.05) is 0 Å². The summed E-state index contributed by atoms with van der Waals surface area (Å²) in [5, 5.41) is 20.0. The summed E-state index contributed by atoms with van der Waals surface area (Å²) in [5.41, 5.74) is 3.46. The summed E-state index contributed by atoms with van der Waals surface area (Å²) in [6.07, 6.45) is 8.85. The molecule has 0 saturated carbocycles. The average Bonchev–Trinajstić information content (AvgIpc) is 2.50. The van der Waals surface area contributed by atoms with Crippen LogP contribution in [0.4, 0.5) is 0 Å². The van der Waals surface area contributed by atoms with Gasteiger partial charge in [0.25, 0.3) is 0 Å². The molecule has 26 heavy (non-hydrogen) atoms. The molecule has 3 N–H and O–H groups in total. The number of amides is 1. The fourth-order valence-corrected chi connectivity index (χ4v) is 2.27. The number of nitrogens with one attached hydrogen (secondary N) is 1. The zero-order valence-electron chi connectivity index (χ0n) is 16.2. The predicted octanol–water partition coefficient (Wildman–Crippen LogP) is 3.84. The van der Waals surface area contributed by atoms with Gasteiger partial charge in [-0.1, -0.05) is 28.9 Å². The number of carbonyl (C=O) groups is 3. The third kappa shape index (κ3) is 13.0. The van der Waals surface area contributed by atoms with Crippen LogP contribution in [0.1, 0.15) is 66.2 Å². The molecule has 0 bridgehead atoms. The van der Waals surface area contributed by atoms with Gasteiger partial charge in [0, 0.05) is 12.5 Å². The SMILES string of the molecule is CC(C)=CCC/C(C)=C/CC/C(C)=C/C(=O)N[C@@H](CCC(=O)O)C(=O)O. The monoisotopic (exact) mass is 365 g/mol. The second-order valence-corrected chi connectivity index (χ2v) is 6.73. The van der Waals surface area contributed by atoms with E-state index in [1.54, 1.807) is 0 Å². The van der Waals surface area contributed by atoms with E-state index in [2.05, 4.69) is 38.2 Å². The molecular formula is C20H31NO5. The van der Waals surface area contributed by atoms with Gasteiger partial charge in [0.1, 0.15) is 6.04 Å². The standard InChI is InChI=1S/C20H31NO5/c1-14(2)7-5-8-15(3)9-6-10-16(4)13-18(22)21-17(20(25)26)11-12-19(23)24/h7,9,13,17H,5-6,8,10-12H2,1-4H3,(H,21,22)(H,23,24)(H,25,26)/b15-9+,16-13+/t17-/m0/s1. The van der Waals surface area contributed by atoms with E-state index in [9.17, 15) is 14.4 Å². The van der Waals surface area contributed by atoms with Crippen molar-refractivity contribution in [3.8, 4) is 0 Å². The molecule has 0 radical (unpaired) electrons. The van der Waals surface area contributed by atoms with E-state index in [-0.39, 0.29) is 12.8 Å². The molecule has 1 amide bonds. The number of hydrogen-bond acceptors (Lipinski definition) is 3. The van der Waals surface area contributed by atoms with Crippen LogP contribution in [-0.2, 0) is 14.4 Å². The van der Waals surface area contributed by atoms with Crippen molar-refractivity contribution in [3.05, 3.63) is 34.9 Å². The molecule has 0 saturated heterocycles. The van der Waals surface area contributed by atoms with E-state index in [0.717, 1.165) is 24.8 Å². The Balaban J connectivity index is 4.42. The van der Waals surface area contributed by atoms with Crippen molar-refractivity contribution in [1.29, 1.82) is 0 Å². The number of allylic oxidation sites excluding steroid dienone is 5. The summed E-state index contributed by atoms with van der Waals surface area (Å²) in [4.78, 5) is 33.5. The number of aliphatic carboxylic acids is 2. The molecule has 0 aromatic heterocycles. The van der Waals surface area contributed by atoms with Crippen molar-refractivity contribution in [2.24, 2.45) is 0 Å². The lowest BCUT2D eigenvalue weighted by molar-refractivity contribution is -0.142. The van der Waals surface area contributed by atoms with Gasteiger partial charge in [-0.25, -0.2) is 4.79 Å².